The van der Waals surface area contributed by atoms with Crippen LogP contribution >= 0.6 is 0 Å². The molecule has 0 radical (unpaired) electrons. The molecule has 19 heavy (non-hydrogen) atoms. The Morgan fingerprint density at radius 1 is 1.26 bits per heavy atom. The Balaban J connectivity index is 2.00. The molecule has 0 spiro atoms. The van der Waals surface area contributed by atoms with Crippen LogP contribution in [0.15, 0.2) is 0 Å². The van der Waals surface area contributed by atoms with Crippen molar-refractivity contribution in [2.24, 2.45) is 5.92 Å². The van der Waals surface area contributed by atoms with E-state index in [1.165, 1.54) is 0 Å². The minimum atomic E-state index is -0.218. The van der Waals surface area contributed by atoms with Gasteiger partial charge < -0.3 is 20.5 Å². The van der Waals surface area contributed by atoms with Gasteiger partial charge >= 0.3 is 6.01 Å². The zero-order chi connectivity index (χ0) is 13.7. The fourth-order valence-electron chi connectivity index (χ4n) is 2.22. The van der Waals surface area contributed by atoms with E-state index in [0.717, 1.165) is 19.3 Å². The summed E-state index contributed by atoms with van der Waals surface area (Å²) in [5.41, 5.74) is 0. The number of hydrogen-bond acceptors (Lipinski definition) is 7. The molecular formula is C12H21N5O2. The van der Waals surface area contributed by atoms with Crippen molar-refractivity contribution in [1.82, 2.24) is 15.0 Å². The fourth-order valence-corrected chi connectivity index (χ4v) is 2.22. The first-order chi connectivity index (χ1) is 9.22. The van der Waals surface area contributed by atoms with Crippen molar-refractivity contribution >= 4 is 11.9 Å². The standard InChI is InChI=1S/C12H21N5O2/c1-3-19-12-16-10(13-2)15-11(17-12)14-7-8-5-4-6-9(8)18/h8-9,18H,3-7H2,1-2H3,(H2,13,14,15,16,17). The van der Waals surface area contributed by atoms with E-state index in [1.54, 1.807) is 7.05 Å². The van der Waals surface area contributed by atoms with Gasteiger partial charge in [0.25, 0.3) is 0 Å². The smallest absolute Gasteiger partial charge is 0.323 e. The van der Waals surface area contributed by atoms with Crippen LogP contribution in [0.1, 0.15) is 26.2 Å². The van der Waals surface area contributed by atoms with E-state index in [4.69, 9.17) is 4.74 Å². The molecule has 1 aliphatic rings. The molecule has 0 bridgehead atoms. The molecule has 7 heteroatoms. The van der Waals surface area contributed by atoms with Crippen LogP contribution in [0, 0.1) is 5.92 Å². The lowest BCUT2D eigenvalue weighted by molar-refractivity contribution is 0.138. The summed E-state index contributed by atoms with van der Waals surface area (Å²) in [5.74, 6) is 1.21. The lowest BCUT2D eigenvalue weighted by Crippen LogP contribution is -2.23. The number of aliphatic hydroxyl groups is 1. The summed E-state index contributed by atoms with van der Waals surface area (Å²) in [6.07, 6.45) is 2.78. The van der Waals surface area contributed by atoms with Crippen LogP contribution in [0.4, 0.5) is 11.9 Å². The van der Waals surface area contributed by atoms with Crippen LogP contribution in [0.3, 0.4) is 0 Å². The Morgan fingerprint density at radius 3 is 2.68 bits per heavy atom. The van der Waals surface area contributed by atoms with Gasteiger partial charge in [-0.2, -0.15) is 15.0 Å². The number of anilines is 2. The first-order valence-corrected chi connectivity index (χ1v) is 6.71. The van der Waals surface area contributed by atoms with Crippen LogP contribution in [0.25, 0.3) is 0 Å². The van der Waals surface area contributed by atoms with Crippen molar-refractivity contribution in [3.05, 3.63) is 0 Å². The third-order valence-corrected chi connectivity index (χ3v) is 3.25. The number of rotatable bonds is 6. The number of ether oxygens (including phenoxy) is 1. The Bertz CT molecular complexity index is 415. The molecule has 2 atom stereocenters. The number of aliphatic hydroxyl groups excluding tert-OH is 1. The van der Waals surface area contributed by atoms with Crippen LogP contribution < -0.4 is 15.4 Å². The van der Waals surface area contributed by atoms with Crippen LogP contribution in [0.5, 0.6) is 6.01 Å². The number of nitrogens with one attached hydrogen (secondary N) is 2. The second-order valence-electron chi connectivity index (χ2n) is 4.59. The van der Waals surface area contributed by atoms with Crippen LogP contribution in [-0.4, -0.2) is 46.4 Å². The van der Waals surface area contributed by atoms with Crippen molar-refractivity contribution in [2.45, 2.75) is 32.3 Å². The van der Waals surface area contributed by atoms with Crippen molar-refractivity contribution in [3.63, 3.8) is 0 Å². The average Bonchev–Trinajstić information content (AvgIpc) is 2.82. The number of aromatic nitrogens is 3. The van der Waals surface area contributed by atoms with E-state index in [9.17, 15) is 5.11 Å². The minimum Gasteiger partial charge on any atom is -0.464 e. The van der Waals surface area contributed by atoms with E-state index in [2.05, 4.69) is 25.6 Å². The van der Waals surface area contributed by atoms with Gasteiger partial charge in [-0.05, 0) is 19.8 Å². The molecule has 0 amide bonds. The van der Waals surface area contributed by atoms with Crippen molar-refractivity contribution in [3.8, 4) is 6.01 Å². The number of hydrogen-bond donors (Lipinski definition) is 3. The highest BCUT2D eigenvalue weighted by molar-refractivity contribution is 5.35. The van der Waals surface area contributed by atoms with Gasteiger partial charge in [0.05, 0.1) is 12.7 Å². The third kappa shape index (κ3) is 3.66. The topological polar surface area (TPSA) is 92.2 Å². The van der Waals surface area contributed by atoms with E-state index < -0.39 is 0 Å². The lowest BCUT2D eigenvalue weighted by Gasteiger charge is -2.15. The SMILES string of the molecule is CCOc1nc(NC)nc(NCC2CCCC2O)n1. The number of nitrogens with zero attached hydrogens (tertiary/aromatic N) is 3. The monoisotopic (exact) mass is 267 g/mol. The summed E-state index contributed by atoms with van der Waals surface area (Å²) in [7, 11) is 1.75. The van der Waals surface area contributed by atoms with Crippen molar-refractivity contribution in [1.29, 1.82) is 0 Å². The van der Waals surface area contributed by atoms with E-state index >= 15 is 0 Å². The fraction of sp³-hybridized carbons (Fsp3) is 0.750. The molecule has 1 fully saturated rings. The van der Waals surface area contributed by atoms with Gasteiger partial charge in [0.1, 0.15) is 0 Å². The van der Waals surface area contributed by atoms with Crippen LogP contribution in [0.2, 0.25) is 0 Å². The molecule has 1 aromatic heterocycles. The molecule has 7 nitrogen and oxygen atoms in total. The quantitative estimate of drug-likeness (QED) is 0.704. The Kier molecular flexibility index (Phi) is 4.73. The first-order valence-electron chi connectivity index (χ1n) is 6.71. The van der Waals surface area contributed by atoms with Gasteiger partial charge in [0.15, 0.2) is 0 Å². The molecule has 1 aliphatic carbocycles. The molecule has 0 saturated heterocycles. The first kappa shape index (κ1) is 13.8. The maximum absolute atomic E-state index is 9.78. The highest BCUT2D eigenvalue weighted by atomic mass is 16.5. The molecule has 0 aliphatic heterocycles. The lowest BCUT2D eigenvalue weighted by atomic mass is 10.1. The van der Waals surface area contributed by atoms with Gasteiger partial charge in [0.2, 0.25) is 11.9 Å². The summed E-state index contributed by atoms with van der Waals surface area (Å²) in [6, 6.07) is 0.302. The van der Waals surface area contributed by atoms with Crippen molar-refractivity contribution in [2.75, 3.05) is 30.8 Å². The highest BCUT2D eigenvalue weighted by Crippen LogP contribution is 2.25. The second kappa shape index (κ2) is 6.51. The molecule has 0 aromatic carbocycles. The Labute approximate surface area is 112 Å². The normalized spacial score (nSPS) is 22.3. The van der Waals surface area contributed by atoms with Gasteiger partial charge in [0, 0.05) is 19.5 Å². The molecular weight excluding hydrogens is 246 g/mol. The molecule has 1 saturated carbocycles. The van der Waals surface area contributed by atoms with Gasteiger partial charge in [-0.25, -0.2) is 0 Å². The summed E-state index contributed by atoms with van der Waals surface area (Å²) in [6.45, 7) is 3.05. The maximum Gasteiger partial charge on any atom is 0.323 e. The summed E-state index contributed by atoms with van der Waals surface area (Å²) >= 11 is 0. The van der Waals surface area contributed by atoms with E-state index in [0.29, 0.717) is 31.1 Å². The maximum atomic E-state index is 9.78. The van der Waals surface area contributed by atoms with Gasteiger partial charge in [-0.15, -0.1) is 0 Å². The highest BCUT2D eigenvalue weighted by Gasteiger charge is 2.25. The predicted molar refractivity (Wildman–Crippen MR) is 72.4 cm³/mol. The summed E-state index contributed by atoms with van der Waals surface area (Å²) in [5, 5.41) is 15.8. The van der Waals surface area contributed by atoms with E-state index in [-0.39, 0.29) is 12.0 Å². The minimum absolute atomic E-state index is 0.218. The largest absolute Gasteiger partial charge is 0.464 e. The van der Waals surface area contributed by atoms with Crippen LogP contribution in [-0.2, 0) is 0 Å². The van der Waals surface area contributed by atoms with Gasteiger partial charge in [-0.1, -0.05) is 6.42 Å². The van der Waals surface area contributed by atoms with Crippen molar-refractivity contribution < 1.29 is 9.84 Å². The molecule has 1 heterocycles. The summed E-state index contributed by atoms with van der Waals surface area (Å²) in [4.78, 5) is 12.5. The Hall–Kier alpha value is -1.63. The average molecular weight is 267 g/mol. The Morgan fingerprint density at radius 2 is 2.05 bits per heavy atom. The molecule has 1 aromatic rings. The predicted octanol–water partition coefficient (Wildman–Crippen LogP) is 0.885. The third-order valence-electron chi connectivity index (χ3n) is 3.25. The molecule has 106 valence electrons. The molecule has 3 N–H and O–H groups in total. The van der Waals surface area contributed by atoms with Gasteiger partial charge in [-0.3, -0.25) is 0 Å². The summed E-state index contributed by atoms with van der Waals surface area (Å²) < 4.78 is 5.29. The molecule has 2 unspecified atom stereocenters. The zero-order valence-electron chi connectivity index (χ0n) is 11.4. The molecule has 2 rings (SSSR count). The van der Waals surface area contributed by atoms with E-state index in [1.807, 2.05) is 6.92 Å². The zero-order valence-corrected chi connectivity index (χ0v) is 11.4. The second-order valence-corrected chi connectivity index (χ2v) is 4.59.